The molecule has 1 aromatic heterocycles. The normalized spacial score (nSPS) is 14.9. The number of thiocarbonyl (C=S) groups is 1. The van der Waals surface area contributed by atoms with Gasteiger partial charge >= 0.3 is 0 Å². The second-order valence-electron chi connectivity index (χ2n) is 7.50. The van der Waals surface area contributed by atoms with Crippen molar-refractivity contribution in [1.82, 2.24) is 14.7 Å². The molecule has 1 aromatic carbocycles. The highest BCUT2D eigenvalue weighted by molar-refractivity contribution is 7.81. The fraction of sp³-hybridized carbons (Fsp3) is 0.522. The average molecular weight is 448 g/mol. The summed E-state index contributed by atoms with van der Waals surface area (Å²) in [4.78, 5) is 10.3. The van der Waals surface area contributed by atoms with Gasteiger partial charge in [0, 0.05) is 37.6 Å². The summed E-state index contributed by atoms with van der Waals surface area (Å²) in [6.45, 7) is 12.1. The number of hydrogen-bond donors (Lipinski definition) is 0. The van der Waals surface area contributed by atoms with Crippen LogP contribution < -0.4 is 9.47 Å². The molecule has 0 bridgehead atoms. The standard InChI is InChI=1S/C23H33N3O2S2/c1-5-25(6-2)15-16-28-19-8-7-18(17-20(19)27-4)21-9-10-22(30-21)23(29)26-13-11-24(3)12-14-26/h7-10,17H,5-6,11-16H2,1-4H3. The van der Waals surface area contributed by atoms with Crippen molar-refractivity contribution in [2.24, 2.45) is 0 Å². The van der Waals surface area contributed by atoms with Crippen molar-refractivity contribution in [3.63, 3.8) is 0 Å². The van der Waals surface area contributed by atoms with Crippen LogP contribution in [0.1, 0.15) is 18.7 Å². The van der Waals surface area contributed by atoms with Crippen LogP contribution in [0.5, 0.6) is 11.5 Å². The van der Waals surface area contributed by atoms with Crippen LogP contribution in [0.2, 0.25) is 0 Å². The van der Waals surface area contributed by atoms with Crippen molar-refractivity contribution in [3.05, 3.63) is 35.2 Å². The zero-order valence-corrected chi connectivity index (χ0v) is 20.2. The van der Waals surface area contributed by atoms with E-state index in [0.717, 1.165) is 72.7 Å². The Kier molecular flexibility index (Phi) is 8.50. The Morgan fingerprint density at radius 1 is 1.07 bits per heavy atom. The monoisotopic (exact) mass is 447 g/mol. The Balaban J connectivity index is 1.67. The predicted octanol–water partition coefficient (Wildman–Crippen LogP) is 4.07. The van der Waals surface area contributed by atoms with Crippen molar-refractivity contribution in [1.29, 1.82) is 0 Å². The zero-order valence-electron chi connectivity index (χ0n) is 18.5. The lowest BCUT2D eigenvalue weighted by Gasteiger charge is -2.33. The number of methoxy groups -OCH3 is 1. The van der Waals surface area contributed by atoms with Gasteiger partial charge in [-0.25, -0.2) is 0 Å². The summed E-state index contributed by atoms with van der Waals surface area (Å²) in [5.74, 6) is 1.56. The fourth-order valence-electron chi connectivity index (χ4n) is 3.54. The van der Waals surface area contributed by atoms with E-state index in [4.69, 9.17) is 21.7 Å². The van der Waals surface area contributed by atoms with Gasteiger partial charge in [0.1, 0.15) is 11.6 Å². The Morgan fingerprint density at radius 3 is 2.47 bits per heavy atom. The highest BCUT2D eigenvalue weighted by Gasteiger charge is 2.19. The molecule has 0 radical (unpaired) electrons. The summed E-state index contributed by atoms with van der Waals surface area (Å²) >= 11 is 7.51. The van der Waals surface area contributed by atoms with Crippen LogP contribution in [0, 0.1) is 0 Å². The molecule has 1 saturated heterocycles. The van der Waals surface area contributed by atoms with E-state index in [-0.39, 0.29) is 0 Å². The van der Waals surface area contributed by atoms with Crippen molar-refractivity contribution in [3.8, 4) is 21.9 Å². The first-order valence-corrected chi connectivity index (χ1v) is 11.9. The van der Waals surface area contributed by atoms with Crippen LogP contribution in [0.25, 0.3) is 10.4 Å². The summed E-state index contributed by atoms with van der Waals surface area (Å²) in [5, 5.41) is 0. The van der Waals surface area contributed by atoms with Crippen molar-refractivity contribution < 1.29 is 9.47 Å². The maximum absolute atomic E-state index is 5.99. The van der Waals surface area contributed by atoms with Crippen LogP contribution in [0.4, 0.5) is 0 Å². The van der Waals surface area contributed by atoms with Gasteiger partial charge in [-0.3, -0.25) is 0 Å². The highest BCUT2D eigenvalue weighted by Crippen LogP contribution is 2.36. The van der Waals surface area contributed by atoms with Gasteiger partial charge in [0.2, 0.25) is 0 Å². The minimum atomic E-state index is 0.653. The van der Waals surface area contributed by atoms with Crippen molar-refractivity contribution >= 4 is 28.5 Å². The fourth-order valence-corrected chi connectivity index (χ4v) is 4.88. The lowest BCUT2D eigenvalue weighted by molar-refractivity contribution is 0.217. The largest absolute Gasteiger partial charge is 0.493 e. The molecule has 1 aliphatic heterocycles. The summed E-state index contributed by atoms with van der Waals surface area (Å²) < 4.78 is 11.6. The predicted molar refractivity (Wildman–Crippen MR) is 130 cm³/mol. The van der Waals surface area contributed by atoms with Gasteiger partial charge in [-0.05, 0) is 56.0 Å². The number of benzene rings is 1. The molecule has 3 rings (SSSR count). The van der Waals surface area contributed by atoms with E-state index in [9.17, 15) is 0 Å². The van der Waals surface area contributed by atoms with E-state index >= 15 is 0 Å². The van der Waals surface area contributed by atoms with E-state index in [1.165, 1.54) is 4.88 Å². The van der Waals surface area contributed by atoms with Crippen LogP contribution >= 0.6 is 23.6 Å². The molecule has 1 fully saturated rings. The van der Waals surface area contributed by atoms with Crippen LogP contribution in [-0.4, -0.2) is 86.3 Å². The lowest BCUT2D eigenvalue weighted by Crippen LogP contribution is -2.46. The second kappa shape index (κ2) is 11.1. The summed E-state index contributed by atoms with van der Waals surface area (Å²) in [6, 6.07) is 10.5. The molecule has 164 valence electrons. The van der Waals surface area contributed by atoms with Gasteiger partial charge in [-0.2, -0.15) is 0 Å². The van der Waals surface area contributed by atoms with E-state index < -0.39 is 0 Å². The molecule has 30 heavy (non-hydrogen) atoms. The van der Waals surface area contributed by atoms with Gasteiger partial charge in [-0.15, -0.1) is 11.3 Å². The van der Waals surface area contributed by atoms with Gasteiger partial charge in [-0.1, -0.05) is 26.1 Å². The van der Waals surface area contributed by atoms with Gasteiger partial charge in [0.05, 0.1) is 12.0 Å². The Morgan fingerprint density at radius 2 is 1.80 bits per heavy atom. The van der Waals surface area contributed by atoms with Crippen molar-refractivity contribution in [2.75, 3.05) is 66.6 Å². The first kappa shape index (κ1) is 23.0. The summed E-state index contributed by atoms with van der Waals surface area (Å²) in [7, 11) is 3.85. The molecule has 0 spiro atoms. The second-order valence-corrected chi connectivity index (χ2v) is 8.97. The first-order valence-electron chi connectivity index (χ1n) is 10.7. The summed E-state index contributed by atoms with van der Waals surface area (Å²) in [5.41, 5.74) is 1.13. The molecule has 0 unspecified atom stereocenters. The molecule has 5 nitrogen and oxygen atoms in total. The molecule has 0 saturated carbocycles. The third kappa shape index (κ3) is 5.72. The SMILES string of the molecule is CCN(CC)CCOc1ccc(-c2ccc(C(=S)N3CCN(C)CC3)s2)cc1OC. The highest BCUT2D eigenvalue weighted by atomic mass is 32.1. The van der Waals surface area contributed by atoms with Crippen LogP contribution in [0.15, 0.2) is 30.3 Å². The number of likely N-dealkylation sites (N-methyl/N-ethyl adjacent to an activating group) is 2. The number of rotatable bonds is 9. The Labute approximate surface area is 190 Å². The van der Waals surface area contributed by atoms with Crippen molar-refractivity contribution in [2.45, 2.75) is 13.8 Å². The quantitative estimate of drug-likeness (QED) is 0.538. The molecule has 1 aliphatic rings. The molecule has 7 heteroatoms. The third-order valence-corrected chi connectivity index (χ3v) is 7.36. The average Bonchev–Trinajstić information content (AvgIpc) is 3.27. The van der Waals surface area contributed by atoms with E-state index in [1.807, 2.05) is 6.07 Å². The number of nitrogens with zero attached hydrogens (tertiary/aromatic N) is 3. The number of ether oxygens (including phenoxy) is 2. The number of thiophene rings is 1. The van der Waals surface area contributed by atoms with Gasteiger partial charge in [0.25, 0.3) is 0 Å². The van der Waals surface area contributed by atoms with Gasteiger partial charge < -0.3 is 24.2 Å². The molecule has 0 aliphatic carbocycles. The van der Waals surface area contributed by atoms with E-state index in [2.05, 4.69) is 59.9 Å². The van der Waals surface area contributed by atoms with Crippen LogP contribution in [0.3, 0.4) is 0 Å². The number of hydrogen-bond acceptors (Lipinski definition) is 6. The van der Waals surface area contributed by atoms with E-state index in [1.54, 1.807) is 18.4 Å². The first-order chi connectivity index (χ1) is 14.5. The minimum Gasteiger partial charge on any atom is -0.493 e. The molecule has 0 atom stereocenters. The smallest absolute Gasteiger partial charge is 0.161 e. The molecule has 0 amide bonds. The molecule has 0 N–H and O–H groups in total. The topological polar surface area (TPSA) is 28.2 Å². The third-order valence-electron chi connectivity index (χ3n) is 5.61. The molecular formula is C23H33N3O2S2. The maximum Gasteiger partial charge on any atom is 0.161 e. The summed E-state index contributed by atoms with van der Waals surface area (Å²) in [6.07, 6.45) is 0. The Hall–Kier alpha value is -1.67. The lowest BCUT2D eigenvalue weighted by atomic mass is 10.1. The van der Waals surface area contributed by atoms with Crippen LogP contribution in [-0.2, 0) is 0 Å². The maximum atomic E-state index is 5.99. The van der Waals surface area contributed by atoms with Gasteiger partial charge in [0.15, 0.2) is 11.5 Å². The van der Waals surface area contributed by atoms with E-state index in [0.29, 0.717) is 6.61 Å². The Bertz CT molecular complexity index is 828. The molecule has 2 aromatic rings. The minimum absolute atomic E-state index is 0.653. The molecule has 2 heterocycles. The number of piperazine rings is 1. The zero-order chi connectivity index (χ0) is 21.5. The molecular weight excluding hydrogens is 414 g/mol.